The number of benzene rings is 3. The van der Waals surface area contributed by atoms with E-state index in [0.717, 1.165) is 4.47 Å². The van der Waals surface area contributed by atoms with Crippen LogP contribution in [0.25, 0.3) is 0 Å². The van der Waals surface area contributed by atoms with Crippen molar-refractivity contribution in [2.24, 2.45) is 0 Å². The Morgan fingerprint density at radius 1 is 0.909 bits per heavy atom. The summed E-state index contributed by atoms with van der Waals surface area (Å²) in [6, 6.07) is 18.4. The van der Waals surface area contributed by atoms with E-state index in [9.17, 15) is 18.0 Å². The molecule has 0 unspecified atom stereocenters. The van der Waals surface area contributed by atoms with Crippen molar-refractivity contribution in [2.45, 2.75) is 11.3 Å². The second-order valence-corrected chi connectivity index (χ2v) is 9.65. The molecule has 3 aromatic carbocycles. The number of hydrogen-bond donors (Lipinski definition) is 3. The molecule has 0 aliphatic rings. The van der Waals surface area contributed by atoms with E-state index in [1.165, 1.54) is 42.5 Å². The van der Waals surface area contributed by atoms with Gasteiger partial charge < -0.3 is 10.6 Å². The van der Waals surface area contributed by atoms with Gasteiger partial charge in [0, 0.05) is 27.1 Å². The van der Waals surface area contributed by atoms with Gasteiger partial charge in [-0.25, -0.2) is 8.42 Å². The predicted octanol–water partition coefficient (Wildman–Crippen LogP) is 5.01. The van der Waals surface area contributed by atoms with Crippen LogP contribution < -0.4 is 15.4 Å². The standard InChI is InChI=1S/C22H16BrClN4O4S/c23-15-3-7-17(8-4-15)28-33(31,32)20-13-18(9-10-19(20)24)27-22(30)14-1-5-16(6-2-14)26-21(29)11-12-25/h1-10,13,28H,11H2,(H,26,29)(H,27,30). The Labute approximate surface area is 203 Å². The molecule has 0 saturated carbocycles. The van der Waals surface area contributed by atoms with Crippen molar-refractivity contribution in [3.63, 3.8) is 0 Å². The van der Waals surface area contributed by atoms with Crippen LogP contribution in [-0.4, -0.2) is 20.2 Å². The van der Waals surface area contributed by atoms with Gasteiger partial charge in [-0.3, -0.25) is 14.3 Å². The van der Waals surface area contributed by atoms with Crippen LogP contribution in [0.15, 0.2) is 76.1 Å². The number of carbonyl (C=O) groups is 2. The molecule has 0 spiro atoms. The summed E-state index contributed by atoms with van der Waals surface area (Å²) in [6.45, 7) is 0. The molecule has 0 aliphatic carbocycles. The average Bonchev–Trinajstić information content (AvgIpc) is 2.77. The van der Waals surface area contributed by atoms with Crippen LogP contribution in [0.5, 0.6) is 0 Å². The van der Waals surface area contributed by atoms with Crippen molar-refractivity contribution < 1.29 is 18.0 Å². The number of amides is 2. The monoisotopic (exact) mass is 546 g/mol. The third-order valence-corrected chi connectivity index (χ3v) is 6.64. The first-order chi connectivity index (χ1) is 15.7. The molecule has 0 heterocycles. The Bertz CT molecular complexity index is 1340. The molecule has 2 amide bonds. The van der Waals surface area contributed by atoms with Gasteiger partial charge in [0.15, 0.2) is 0 Å². The van der Waals surface area contributed by atoms with Crippen LogP contribution in [0, 0.1) is 11.3 Å². The summed E-state index contributed by atoms with van der Waals surface area (Å²) in [6.07, 6.45) is -0.277. The number of rotatable bonds is 7. The Morgan fingerprint density at radius 2 is 1.52 bits per heavy atom. The molecule has 11 heteroatoms. The highest BCUT2D eigenvalue weighted by Gasteiger charge is 2.19. The summed E-state index contributed by atoms with van der Waals surface area (Å²) in [5.41, 5.74) is 1.30. The first-order valence-corrected chi connectivity index (χ1v) is 12.0. The second kappa shape index (κ2) is 10.5. The quantitative estimate of drug-likeness (QED) is 0.383. The molecule has 3 aromatic rings. The van der Waals surface area contributed by atoms with E-state index in [1.807, 2.05) is 0 Å². The lowest BCUT2D eigenvalue weighted by molar-refractivity contribution is -0.115. The molecule has 0 fully saturated rings. The van der Waals surface area contributed by atoms with Gasteiger partial charge in [0.1, 0.15) is 11.3 Å². The summed E-state index contributed by atoms with van der Waals surface area (Å²) in [7, 11) is -4.01. The minimum absolute atomic E-state index is 0.00456. The van der Waals surface area contributed by atoms with Gasteiger partial charge in [-0.15, -0.1) is 0 Å². The van der Waals surface area contributed by atoms with Gasteiger partial charge in [0.05, 0.1) is 11.1 Å². The number of carbonyl (C=O) groups excluding carboxylic acids is 2. The highest BCUT2D eigenvalue weighted by atomic mass is 79.9. The molecule has 0 saturated heterocycles. The lowest BCUT2D eigenvalue weighted by Crippen LogP contribution is -2.16. The Balaban J connectivity index is 1.75. The lowest BCUT2D eigenvalue weighted by atomic mass is 10.2. The maximum absolute atomic E-state index is 12.8. The number of nitrogens with zero attached hydrogens (tertiary/aromatic N) is 1. The number of sulfonamides is 1. The molecule has 168 valence electrons. The summed E-state index contributed by atoms with van der Waals surface area (Å²) >= 11 is 9.40. The smallest absolute Gasteiger partial charge is 0.263 e. The first kappa shape index (κ1) is 24.3. The fourth-order valence-corrected chi connectivity index (χ4v) is 4.55. The zero-order valence-corrected chi connectivity index (χ0v) is 20.0. The topological polar surface area (TPSA) is 128 Å². The molecular weight excluding hydrogens is 532 g/mol. The van der Waals surface area contributed by atoms with E-state index in [2.05, 4.69) is 31.3 Å². The van der Waals surface area contributed by atoms with Crippen LogP contribution in [0.2, 0.25) is 5.02 Å². The van der Waals surface area contributed by atoms with E-state index in [4.69, 9.17) is 16.9 Å². The molecule has 8 nitrogen and oxygen atoms in total. The number of hydrogen-bond acceptors (Lipinski definition) is 5. The third-order valence-electron chi connectivity index (χ3n) is 4.25. The molecule has 0 bridgehead atoms. The maximum atomic E-state index is 12.8. The first-order valence-electron chi connectivity index (χ1n) is 9.34. The van der Waals surface area contributed by atoms with Gasteiger partial charge in [-0.1, -0.05) is 27.5 Å². The van der Waals surface area contributed by atoms with Crippen LogP contribution in [0.1, 0.15) is 16.8 Å². The predicted molar refractivity (Wildman–Crippen MR) is 130 cm³/mol. The fourth-order valence-electron chi connectivity index (χ4n) is 2.70. The van der Waals surface area contributed by atoms with Crippen molar-refractivity contribution in [1.82, 2.24) is 0 Å². The van der Waals surface area contributed by atoms with Crippen molar-refractivity contribution in [3.05, 3.63) is 81.8 Å². The third kappa shape index (κ3) is 6.55. The Morgan fingerprint density at radius 3 is 2.15 bits per heavy atom. The van der Waals surface area contributed by atoms with Crippen molar-refractivity contribution >= 4 is 66.4 Å². The van der Waals surface area contributed by atoms with Crippen molar-refractivity contribution in [1.29, 1.82) is 5.26 Å². The largest absolute Gasteiger partial charge is 0.325 e. The molecular formula is C22H16BrClN4O4S. The average molecular weight is 548 g/mol. The molecule has 0 aliphatic heterocycles. The molecule has 0 aromatic heterocycles. The van der Waals surface area contributed by atoms with Crippen LogP contribution in [-0.2, 0) is 14.8 Å². The lowest BCUT2D eigenvalue weighted by Gasteiger charge is -2.12. The maximum Gasteiger partial charge on any atom is 0.263 e. The molecule has 33 heavy (non-hydrogen) atoms. The highest BCUT2D eigenvalue weighted by Crippen LogP contribution is 2.28. The summed E-state index contributed by atoms with van der Waals surface area (Å²) in [5.74, 6) is -0.946. The summed E-state index contributed by atoms with van der Waals surface area (Å²) < 4.78 is 28.9. The molecule has 3 N–H and O–H groups in total. The summed E-state index contributed by atoms with van der Waals surface area (Å²) in [5, 5.41) is 13.7. The van der Waals surface area contributed by atoms with E-state index < -0.39 is 21.8 Å². The van der Waals surface area contributed by atoms with Crippen LogP contribution in [0.3, 0.4) is 0 Å². The van der Waals surface area contributed by atoms with Gasteiger partial charge in [0.2, 0.25) is 5.91 Å². The van der Waals surface area contributed by atoms with E-state index in [1.54, 1.807) is 30.3 Å². The molecule has 0 atom stereocenters. The fraction of sp³-hybridized carbons (Fsp3) is 0.0455. The highest BCUT2D eigenvalue weighted by molar-refractivity contribution is 9.10. The molecule has 0 radical (unpaired) electrons. The Hall–Kier alpha value is -3.39. The number of nitrogens with one attached hydrogen (secondary N) is 3. The second-order valence-electron chi connectivity index (χ2n) is 6.67. The van der Waals surface area contributed by atoms with Crippen molar-refractivity contribution in [3.8, 4) is 6.07 Å². The van der Waals surface area contributed by atoms with E-state index in [0.29, 0.717) is 11.4 Å². The SMILES string of the molecule is N#CCC(=O)Nc1ccc(C(=O)Nc2ccc(Cl)c(S(=O)(=O)Nc3ccc(Br)cc3)c2)cc1. The van der Waals surface area contributed by atoms with Gasteiger partial charge in [0.25, 0.3) is 15.9 Å². The summed E-state index contributed by atoms with van der Waals surface area (Å²) in [4.78, 5) is 23.8. The Kier molecular flexibility index (Phi) is 7.71. The normalized spacial score (nSPS) is 10.7. The van der Waals surface area contributed by atoms with E-state index in [-0.39, 0.29) is 27.6 Å². The number of anilines is 3. The van der Waals surface area contributed by atoms with Crippen molar-refractivity contribution in [2.75, 3.05) is 15.4 Å². The minimum Gasteiger partial charge on any atom is -0.325 e. The number of halogens is 2. The molecule has 3 rings (SSSR count). The minimum atomic E-state index is -4.01. The van der Waals surface area contributed by atoms with Crippen LogP contribution >= 0.6 is 27.5 Å². The van der Waals surface area contributed by atoms with Gasteiger partial charge in [-0.2, -0.15) is 5.26 Å². The zero-order valence-electron chi connectivity index (χ0n) is 16.8. The zero-order chi connectivity index (χ0) is 24.0. The van der Waals surface area contributed by atoms with E-state index >= 15 is 0 Å². The van der Waals surface area contributed by atoms with Gasteiger partial charge >= 0.3 is 0 Å². The van der Waals surface area contributed by atoms with Gasteiger partial charge in [-0.05, 0) is 66.7 Å². The van der Waals surface area contributed by atoms with Crippen LogP contribution in [0.4, 0.5) is 17.1 Å². The number of nitriles is 1.